The molecule has 0 atom stereocenters. The van der Waals surface area contributed by atoms with Crippen molar-refractivity contribution < 1.29 is 21.2 Å². The van der Waals surface area contributed by atoms with Crippen molar-refractivity contribution >= 4 is 81.8 Å². The monoisotopic (exact) mass is 194 g/mol. The van der Waals surface area contributed by atoms with E-state index in [-0.39, 0.29) is 59.1 Å². The molecule has 0 saturated heterocycles. The van der Waals surface area contributed by atoms with Crippen LogP contribution in [-0.4, -0.2) is 76.6 Å². The van der Waals surface area contributed by atoms with E-state index in [4.69, 9.17) is 9.11 Å². The van der Waals surface area contributed by atoms with Crippen LogP contribution in [0.15, 0.2) is 0 Å². The molecule has 0 aliphatic carbocycles. The van der Waals surface area contributed by atoms with Crippen molar-refractivity contribution in [2.75, 3.05) is 0 Å². The fourth-order valence-electron chi connectivity index (χ4n) is 0.0498. The summed E-state index contributed by atoms with van der Waals surface area (Å²) in [6.45, 7) is 0. The van der Waals surface area contributed by atoms with E-state index in [0.29, 0.717) is 0 Å². The first kappa shape index (κ1) is 17.3. The average Bonchev–Trinajstić information content (AvgIpc) is 1.27. The molecule has 0 aliphatic rings. The molecule has 0 saturated carbocycles. The third-order valence-electron chi connectivity index (χ3n) is 0.116. The van der Waals surface area contributed by atoms with Gasteiger partial charge in [0.05, 0.1) is 0 Å². The minimum atomic E-state index is -2.65. The molecular weight excluding hydrogens is 190 g/mol. The van der Waals surface area contributed by atoms with Crippen molar-refractivity contribution in [1.82, 2.24) is 0 Å². The molecule has 0 amide bonds. The maximum absolute atomic E-state index is 9.35. The Labute approximate surface area is 101 Å². The maximum atomic E-state index is 9.35. The van der Waals surface area contributed by atoms with E-state index in [1.165, 1.54) is 0 Å². The fraction of sp³-hybridized carbons (Fsp3) is 0. The predicted molar refractivity (Wildman–Crippen MR) is 36.9 cm³/mol. The quantitative estimate of drug-likeness (QED) is 0.391. The molecule has 0 rings (SSSR count). The Balaban J connectivity index is -0.000000180. The van der Waals surface area contributed by atoms with Crippen LogP contribution in [0.1, 0.15) is 0 Å². The van der Waals surface area contributed by atoms with Crippen LogP contribution in [0, 0.1) is 0 Å². The van der Waals surface area contributed by atoms with Gasteiger partial charge in [0.2, 0.25) is 0 Å². The molecule has 2 N–H and O–H groups in total. The molecule has 0 heterocycles. The van der Waals surface area contributed by atoms with Gasteiger partial charge in [0.1, 0.15) is 0 Å². The molecule has 5 nitrogen and oxygen atoms in total. The van der Waals surface area contributed by atoms with Crippen LogP contribution in [-0.2, 0) is 26.4 Å². The number of hydrogen-bond donors (Lipinski definition) is 2. The topological polar surface area (TPSA) is 83.8 Å². The Bertz CT molecular complexity index is 89.1. The van der Waals surface area contributed by atoms with E-state index >= 15 is 0 Å². The second-order valence-corrected chi connectivity index (χ2v) is 1.92. The molecule has 9 heteroatoms. The Kier molecular flexibility index (Phi) is 19.6. The molecule has 48 valence electrons. The summed E-state index contributed by atoms with van der Waals surface area (Å²) in [5, 5.41) is 0. The predicted octanol–water partition coefficient (Wildman–Crippen LogP) is -2.02. The van der Waals surface area contributed by atoms with Crippen molar-refractivity contribution in [2.24, 2.45) is 0 Å². The Morgan fingerprint density at radius 3 is 1.22 bits per heavy atom. The van der Waals surface area contributed by atoms with Crippen LogP contribution in [0.5, 0.6) is 0 Å². The number of rotatable bonds is 2. The molecule has 0 aromatic rings. The third kappa shape index (κ3) is 17.8. The minimum absolute atomic E-state index is 0. The van der Waals surface area contributed by atoms with Crippen LogP contribution < -0.4 is 0 Å². The van der Waals surface area contributed by atoms with Gasteiger partial charge in [-0.05, 0) is 0 Å². The van der Waals surface area contributed by atoms with Crippen LogP contribution in [0.3, 0.4) is 0 Å². The van der Waals surface area contributed by atoms with Gasteiger partial charge in [0.25, 0.3) is 0 Å². The second kappa shape index (κ2) is 10.2. The molecule has 0 aromatic carbocycles. The van der Waals surface area contributed by atoms with E-state index in [2.05, 4.69) is 3.63 Å². The zero-order valence-corrected chi connectivity index (χ0v) is 4.57. The Hall–Kier alpha value is 2.18. The van der Waals surface area contributed by atoms with E-state index in [0.717, 1.165) is 0 Å². The van der Waals surface area contributed by atoms with Crippen LogP contribution in [0.25, 0.3) is 0 Å². The van der Waals surface area contributed by atoms with Gasteiger partial charge in [0, 0.05) is 0 Å². The summed E-state index contributed by atoms with van der Waals surface area (Å²) >= 11 is -5.29. The van der Waals surface area contributed by atoms with Gasteiger partial charge in [-0.25, -0.2) is 0 Å². The zero-order chi connectivity index (χ0) is 5.86. The van der Waals surface area contributed by atoms with Crippen molar-refractivity contribution in [3.8, 4) is 0 Å². The third-order valence-corrected chi connectivity index (χ3v) is 1.05. The molecule has 0 fully saturated rings. The summed E-state index contributed by atoms with van der Waals surface area (Å²) in [6, 6.07) is 0. The van der Waals surface area contributed by atoms with Gasteiger partial charge >= 0.3 is 81.8 Å². The summed E-state index contributed by atoms with van der Waals surface area (Å²) in [7, 11) is 0. The molecule has 0 radical (unpaired) electrons. The van der Waals surface area contributed by atoms with Gasteiger partial charge in [-0.3, -0.25) is 9.11 Å². The summed E-state index contributed by atoms with van der Waals surface area (Å²) in [5.74, 6) is 0. The number of hydrogen-bond acceptors (Lipinski definition) is 3. The second-order valence-electron chi connectivity index (χ2n) is 0.502. The zero-order valence-electron chi connectivity index (χ0n) is 2.94. The molecule has 9 heavy (non-hydrogen) atoms. The first-order valence-electron chi connectivity index (χ1n) is 1.03. The summed E-state index contributed by atoms with van der Waals surface area (Å²) in [5.41, 5.74) is 0. The van der Waals surface area contributed by atoms with Gasteiger partial charge < -0.3 is 0 Å². The molecule has 0 bridgehead atoms. The summed E-state index contributed by atoms with van der Waals surface area (Å²) in [6.07, 6.45) is 0. The van der Waals surface area contributed by atoms with Gasteiger partial charge in [-0.1, -0.05) is 0 Å². The molecule has 0 aromatic heterocycles. The fourth-order valence-corrected chi connectivity index (χ4v) is 0.448. The van der Waals surface area contributed by atoms with Crippen LogP contribution in [0.4, 0.5) is 0 Å². The van der Waals surface area contributed by atoms with E-state index in [9.17, 15) is 8.42 Å². The van der Waals surface area contributed by atoms with E-state index in [1.807, 2.05) is 0 Å². The molecule has 0 aliphatic heterocycles. The van der Waals surface area contributed by atoms with Crippen molar-refractivity contribution in [2.45, 2.75) is 0 Å². The normalized spacial score (nSPS) is 14.4. The van der Waals surface area contributed by atoms with Gasteiger partial charge in [-0.2, -0.15) is 8.42 Å². The van der Waals surface area contributed by atoms with Gasteiger partial charge in [0.15, 0.2) is 0 Å². The molecule has 0 spiro atoms. The van der Waals surface area contributed by atoms with Crippen LogP contribution >= 0.6 is 0 Å². The Morgan fingerprint density at radius 1 is 1.00 bits per heavy atom. The van der Waals surface area contributed by atoms with Crippen LogP contribution in [0.2, 0.25) is 0 Å². The van der Waals surface area contributed by atoms with E-state index in [1.54, 1.807) is 0 Å². The summed E-state index contributed by atoms with van der Waals surface area (Å²) in [4.78, 5) is 0. The molecule has 0 unspecified atom stereocenters. The SMILES string of the molecule is O=S(O)OS(=O)O.[NaH].[NaH]. The average molecular weight is 194 g/mol. The standard InChI is InChI=1S/2Na.H2O5S2.2H/c;;1-6(2)5-7(3)4;;/h;;(H,1,2)(H,3,4);;. The van der Waals surface area contributed by atoms with Crippen molar-refractivity contribution in [3.63, 3.8) is 0 Å². The molecular formula is H4Na2O5S2. The summed E-state index contributed by atoms with van der Waals surface area (Å²) < 4.78 is 37.2. The first-order valence-corrected chi connectivity index (χ1v) is 3.10. The van der Waals surface area contributed by atoms with E-state index < -0.39 is 22.7 Å². The van der Waals surface area contributed by atoms with Gasteiger partial charge in [-0.15, -0.1) is 3.63 Å². The van der Waals surface area contributed by atoms with Crippen molar-refractivity contribution in [1.29, 1.82) is 0 Å². The Morgan fingerprint density at radius 2 is 1.22 bits per heavy atom. The van der Waals surface area contributed by atoms with Crippen molar-refractivity contribution in [3.05, 3.63) is 0 Å². The first-order chi connectivity index (χ1) is 3.13.